The van der Waals surface area contributed by atoms with Crippen LogP contribution in [0, 0.1) is 0 Å². The molecule has 2 heterocycles. The highest BCUT2D eigenvalue weighted by Crippen LogP contribution is 2.28. The number of halogens is 1. The summed E-state index contributed by atoms with van der Waals surface area (Å²) >= 11 is 6.03. The second-order valence-corrected chi connectivity index (χ2v) is 7.25. The van der Waals surface area contributed by atoms with E-state index < -0.39 is 0 Å². The SMILES string of the molecule is [NH3+]CCCCCC(=O)N1CCC[C@@H](c2nc(-c3cccc(Cl)c3)no2)C1. The lowest BCUT2D eigenvalue weighted by Crippen LogP contribution is -2.50. The van der Waals surface area contributed by atoms with Crippen LogP contribution in [0.2, 0.25) is 5.02 Å². The number of rotatable bonds is 7. The minimum Gasteiger partial charge on any atom is -0.358 e. The van der Waals surface area contributed by atoms with Crippen LogP contribution in [0.15, 0.2) is 28.8 Å². The molecule has 1 aliphatic rings. The lowest BCUT2D eigenvalue weighted by molar-refractivity contribution is -0.368. The third-order valence-corrected chi connectivity index (χ3v) is 5.02. The normalized spacial score (nSPS) is 17.5. The maximum atomic E-state index is 12.4. The minimum absolute atomic E-state index is 0.105. The Hall–Kier alpha value is -1.92. The molecular weight excluding hydrogens is 352 g/mol. The maximum Gasteiger partial charge on any atom is 0.231 e. The van der Waals surface area contributed by atoms with Gasteiger partial charge in [-0.2, -0.15) is 4.98 Å². The molecule has 1 aromatic carbocycles. The van der Waals surface area contributed by atoms with Crippen LogP contribution in [0.5, 0.6) is 0 Å². The van der Waals surface area contributed by atoms with Gasteiger partial charge in [0.05, 0.1) is 12.5 Å². The zero-order valence-electron chi connectivity index (χ0n) is 15.0. The van der Waals surface area contributed by atoms with Gasteiger partial charge in [-0.3, -0.25) is 4.79 Å². The van der Waals surface area contributed by atoms with E-state index in [0.717, 1.165) is 50.8 Å². The van der Waals surface area contributed by atoms with Crippen molar-refractivity contribution in [2.45, 2.75) is 44.4 Å². The summed E-state index contributed by atoms with van der Waals surface area (Å²) in [6, 6.07) is 7.40. The van der Waals surface area contributed by atoms with E-state index in [2.05, 4.69) is 15.9 Å². The number of amides is 1. The van der Waals surface area contributed by atoms with Crippen LogP contribution < -0.4 is 5.73 Å². The molecule has 1 aromatic heterocycles. The number of likely N-dealkylation sites (tertiary alicyclic amines) is 1. The zero-order chi connectivity index (χ0) is 18.4. The van der Waals surface area contributed by atoms with E-state index in [1.165, 1.54) is 0 Å². The second kappa shape index (κ2) is 9.14. The van der Waals surface area contributed by atoms with Gasteiger partial charge in [-0.1, -0.05) is 28.9 Å². The number of hydrogen-bond acceptors (Lipinski definition) is 4. The average molecular weight is 378 g/mol. The van der Waals surface area contributed by atoms with Crippen molar-refractivity contribution in [3.63, 3.8) is 0 Å². The first-order chi connectivity index (χ1) is 12.7. The van der Waals surface area contributed by atoms with Crippen molar-refractivity contribution in [1.29, 1.82) is 0 Å². The van der Waals surface area contributed by atoms with Gasteiger partial charge in [-0.15, -0.1) is 0 Å². The molecule has 0 aliphatic carbocycles. The van der Waals surface area contributed by atoms with Gasteiger partial charge in [0.1, 0.15) is 0 Å². The van der Waals surface area contributed by atoms with Crippen LogP contribution in [0.25, 0.3) is 11.4 Å². The van der Waals surface area contributed by atoms with Crippen molar-refractivity contribution in [2.75, 3.05) is 19.6 Å². The van der Waals surface area contributed by atoms with Crippen LogP contribution in [0.4, 0.5) is 0 Å². The summed E-state index contributed by atoms with van der Waals surface area (Å²) in [5, 5.41) is 4.73. The van der Waals surface area contributed by atoms with Gasteiger partial charge < -0.3 is 15.2 Å². The predicted molar refractivity (Wildman–Crippen MR) is 99.5 cm³/mol. The van der Waals surface area contributed by atoms with E-state index in [1.54, 1.807) is 0 Å². The summed E-state index contributed by atoms with van der Waals surface area (Å²) in [7, 11) is 0. The van der Waals surface area contributed by atoms with Gasteiger partial charge in [-0.05, 0) is 44.2 Å². The quantitative estimate of drug-likeness (QED) is 0.751. The van der Waals surface area contributed by atoms with Crippen molar-refractivity contribution in [2.24, 2.45) is 0 Å². The lowest BCUT2D eigenvalue weighted by atomic mass is 9.97. The highest BCUT2D eigenvalue weighted by Gasteiger charge is 2.28. The van der Waals surface area contributed by atoms with E-state index in [4.69, 9.17) is 16.1 Å². The molecule has 140 valence electrons. The van der Waals surface area contributed by atoms with Crippen molar-refractivity contribution in [3.8, 4) is 11.4 Å². The molecule has 1 aliphatic heterocycles. The molecule has 7 heteroatoms. The summed E-state index contributed by atoms with van der Waals surface area (Å²) in [4.78, 5) is 18.9. The standard InChI is InChI=1S/C19H25ClN4O2/c20-16-8-4-6-14(12-16)18-22-19(26-23-18)15-7-5-11-24(13-15)17(25)9-2-1-3-10-21/h4,6,8,12,15H,1-3,5,7,9-11,13,21H2/p+1/t15-/m1/s1. The Morgan fingerprint density at radius 2 is 2.23 bits per heavy atom. The zero-order valence-corrected chi connectivity index (χ0v) is 15.7. The van der Waals surface area contributed by atoms with Crippen molar-refractivity contribution < 1.29 is 15.1 Å². The van der Waals surface area contributed by atoms with Gasteiger partial charge in [0.25, 0.3) is 0 Å². The third-order valence-electron chi connectivity index (χ3n) is 4.79. The van der Waals surface area contributed by atoms with Crippen molar-refractivity contribution >= 4 is 17.5 Å². The monoisotopic (exact) mass is 377 g/mol. The van der Waals surface area contributed by atoms with Crippen molar-refractivity contribution in [1.82, 2.24) is 15.0 Å². The van der Waals surface area contributed by atoms with E-state index in [1.807, 2.05) is 29.2 Å². The molecule has 0 saturated carbocycles. The first kappa shape index (κ1) is 18.9. The largest absolute Gasteiger partial charge is 0.358 e. The number of nitrogens with zero attached hydrogens (tertiary/aromatic N) is 3. The first-order valence-corrected chi connectivity index (χ1v) is 9.71. The van der Waals surface area contributed by atoms with Crippen LogP contribution in [0.3, 0.4) is 0 Å². The Labute approximate surface area is 158 Å². The Balaban J connectivity index is 1.60. The van der Waals surface area contributed by atoms with Gasteiger partial charge in [0.2, 0.25) is 17.6 Å². The molecule has 0 bridgehead atoms. The lowest BCUT2D eigenvalue weighted by Gasteiger charge is -2.31. The number of quaternary nitrogens is 1. The number of benzene rings is 1. The summed E-state index contributed by atoms with van der Waals surface area (Å²) in [6.45, 7) is 2.41. The molecule has 3 rings (SSSR count). The topological polar surface area (TPSA) is 86.9 Å². The summed E-state index contributed by atoms with van der Waals surface area (Å²) in [6.07, 6.45) is 5.63. The van der Waals surface area contributed by atoms with Gasteiger partial charge in [0.15, 0.2) is 0 Å². The highest BCUT2D eigenvalue weighted by molar-refractivity contribution is 6.30. The Morgan fingerprint density at radius 1 is 1.35 bits per heavy atom. The molecule has 6 nitrogen and oxygen atoms in total. The predicted octanol–water partition coefficient (Wildman–Crippen LogP) is 2.90. The Kier molecular flexibility index (Phi) is 6.63. The van der Waals surface area contributed by atoms with E-state index in [0.29, 0.717) is 29.7 Å². The molecule has 1 fully saturated rings. The average Bonchev–Trinajstić information content (AvgIpc) is 3.15. The first-order valence-electron chi connectivity index (χ1n) is 9.34. The molecule has 1 atom stereocenters. The summed E-state index contributed by atoms with van der Waals surface area (Å²) in [5.41, 5.74) is 4.67. The van der Waals surface area contributed by atoms with Crippen LogP contribution >= 0.6 is 11.6 Å². The number of unbranched alkanes of at least 4 members (excludes halogenated alkanes) is 2. The smallest absolute Gasteiger partial charge is 0.231 e. The molecule has 0 spiro atoms. The number of hydrogen-bond donors (Lipinski definition) is 1. The van der Waals surface area contributed by atoms with E-state index in [9.17, 15) is 4.79 Å². The third kappa shape index (κ3) is 4.83. The van der Waals surface area contributed by atoms with Crippen LogP contribution in [0.1, 0.15) is 50.3 Å². The van der Waals surface area contributed by atoms with Crippen molar-refractivity contribution in [3.05, 3.63) is 35.2 Å². The number of piperidine rings is 1. The molecule has 1 saturated heterocycles. The molecular formula is C19H26ClN4O2+. The fraction of sp³-hybridized carbons (Fsp3) is 0.526. The number of aromatic nitrogens is 2. The van der Waals surface area contributed by atoms with Gasteiger partial charge >= 0.3 is 0 Å². The number of carbonyl (C=O) groups excluding carboxylic acids is 1. The molecule has 0 unspecified atom stereocenters. The maximum absolute atomic E-state index is 12.4. The Morgan fingerprint density at radius 3 is 3.04 bits per heavy atom. The highest BCUT2D eigenvalue weighted by atomic mass is 35.5. The molecule has 0 radical (unpaired) electrons. The molecule has 1 amide bonds. The van der Waals surface area contributed by atoms with Crippen LogP contribution in [-0.2, 0) is 4.79 Å². The summed E-state index contributed by atoms with van der Waals surface area (Å²) < 4.78 is 5.49. The van der Waals surface area contributed by atoms with E-state index >= 15 is 0 Å². The molecule has 3 N–H and O–H groups in total. The molecule has 2 aromatic rings. The molecule has 26 heavy (non-hydrogen) atoms. The number of carbonyl (C=O) groups is 1. The van der Waals surface area contributed by atoms with Crippen LogP contribution in [-0.4, -0.2) is 40.6 Å². The van der Waals surface area contributed by atoms with Gasteiger partial charge in [-0.25, -0.2) is 0 Å². The second-order valence-electron chi connectivity index (χ2n) is 6.81. The van der Waals surface area contributed by atoms with E-state index in [-0.39, 0.29) is 11.8 Å². The summed E-state index contributed by atoms with van der Waals surface area (Å²) in [5.74, 6) is 1.48. The van der Waals surface area contributed by atoms with Gasteiger partial charge in [0, 0.05) is 30.1 Å². The fourth-order valence-electron chi connectivity index (χ4n) is 3.34. The Bertz CT molecular complexity index is 734. The fourth-order valence-corrected chi connectivity index (χ4v) is 3.53. The minimum atomic E-state index is 0.105.